The van der Waals surface area contributed by atoms with Gasteiger partial charge in [-0.15, -0.1) is 0 Å². The van der Waals surface area contributed by atoms with Crippen LogP contribution in [-0.4, -0.2) is 17.5 Å². The van der Waals surface area contributed by atoms with Crippen LogP contribution >= 0.6 is 0 Å². The van der Waals surface area contributed by atoms with Crippen LogP contribution in [0.15, 0.2) is 18.3 Å². The third-order valence-corrected chi connectivity index (χ3v) is 2.07. The SMILES string of the molecule is CNC(C)c1cccn1CC(N)=O. The lowest BCUT2D eigenvalue weighted by Gasteiger charge is -2.13. The van der Waals surface area contributed by atoms with Crippen LogP contribution in [0, 0.1) is 0 Å². The van der Waals surface area contributed by atoms with E-state index in [9.17, 15) is 4.79 Å². The van der Waals surface area contributed by atoms with Crippen molar-refractivity contribution in [1.82, 2.24) is 9.88 Å². The van der Waals surface area contributed by atoms with E-state index in [-0.39, 0.29) is 18.5 Å². The number of aromatic nitrogens is 1. The number of rotatable bonds is 4. The number of carbonyl (C=O) groups excluding carboxylic acids is 1. The molecule has 3 N–H and O–H groups in total. The molecule has 0 spiro atoms. The Kier molecular flexibility index (Phi) is 3.08. The van der Waals surface area contributed by atoms with Crippen molar-refractivity contribution in [2.75, 3.05) is 7.05 Å². The molecule has 1 amide bonds. The predicted molar refractivity (Wildman–Crippen MR) is 51.1 cm³/mol. The van der Waals surface area contributed by atoms with Crippen LogP contribution in [0.3, 0.4) is 0 Å². The molecule has 4 nitrogen and oxygen atoms in total. The quantitative estimate of drug-likeness (QED) is 0.699. The Morgan fingerprint density at radius 3 is 3.00 bits per heavy atom. The summed E-state index contributed by atoms with van der Waals surface area (Å²) in [5.41, 5.74) is 6.18. The molecule has 0 saturated heterocycles. The maximum absolute atomic E-state index is 10.7. The Balaban J connectivity index is 2.82. The summed E-state index contributed by atoms with van der Waals surface area (Å²) < 4.78 is 1.85. The molecule has 0 aliphatic carbocycles. The van der Waals surface area contributed by atoms with Crippen molar-refractivity contribution in [1.29, 1.82) is 0 Å². The number of nitrogens with zero attached hydrogens (tertiary/aromatic N) is 1. The van der Waals surface area contributed by atoms with Crippen molar-refractivity contribution in [3.05, 3.63) is 24.0 Å². The van der Waals surface area contributed by atoms with Crippen LogP contribution in [0.5, 0.6) is 0 Å². The second kappa shape index (κ2) is 4.09. The van der Waals surface area contributed by atoms with Gasteiger partial charge in [0.25, 0.3) is 0 Å². The van der Waals surface area contributed by atoms with Crippen LogP contribution in [-0.2, 0) is 11.3 Å². The minimum Gasteiger partial charge on any atom is -0.368 e. The van der Waals surface area contributed by atoms with Gasteiger partial charge in [0, 0.05) is 17.9 Å². The third-order valence-electron chi connectivity index (χ3n) is 2.07. The predicted octanol–water partition coefficient (Wildman–Crippen LogP) is 0.254. The van der Waals surface area contributed by atoms with Crippen molar-refractivity contribution in [2.24, 2.45) is 5.73 Å². The monoisotopic (exact) mass is 181 g/mol. The third kappa shape index (κ3) is 2.32. The van der Waals surface area contributed by atoms with Crippen LogP contribution in [0.4, 0.5) is 0 Å². The zero-order valence-corrected chi connectivity index (χ0v) is 7.95. The Hall–Kier alpha value is -1.29. The average molecular weight is 181 g/mol. The average Bonchev–Trinajstić information content (AvgIpc) is 2.50. The van der Waals surface area contributed by atoms with Crippen molar-refractivity contribution in [2.45, 2.75) is 19.5 Å². The molecule has 0 bridgehead atoms. The second-order valence-corrected chi connectivity index (χ2v) is 3.04. The van der Waals surface area contributed by atoms with Crippen molar-refractivity contribution in [3.8, 4) is 0 Å². The molecule has 0 fully saturated rings. The summed E-state index contributed by atoms with van der Waals surface area (Å²) in [5.74, 6) is -0.319. The van der Waals surface area contributed by atoms with Gasteiger partial charge in [0.15, 0.2) is 0 Å². The molecule has 0 aliphatic rings. The zero-order valence-electron chi connectivity index (χ0n) is 7.95. The molecular formula is C9H15N3O. The van der Waals surface area contributed by atoms with Crippen molar-refractivity contribution in [3.63, 3.8) is 0 Å². The van der Waals surface area contributed by atoms with E-state index in [4.69, 9.17) is 5.73 Å². The molecule has 1 atom stereocenters. The largest absolute Gasteiger partial charge is 0.368 e. The molecule has 13 heavy (non-hydrogen) atoms. The number of amides is 1. The summed E-state index contributed by atoms with van der Waals surface area (Å²) in [5, 5.41) is 3.11. The van der Waals surface area contributed by atoms with E-state index >= 15 is 0 Å². The number of carbonyl (C=O) groups is 1. The van der Waals surface area contributed by atoms with Crippen LogP contribution in [0.25, 0.3) is 0 Å². The molecule has 1 aromatic rings. The Morgan fingerprint density at radius 1 is 1.77 bits per heavy atom. The molecule has 0 aromatic carbocycles. The first-order valence-corrected chi connectivity index (χ1v) is 4.25. The normalized spacial score (nSPS) is 12.8. The van der Waals surface area contributed by atoms with Gasteiger partial charge in [-0.05, 0) is 26.1 Å². The zero-order chi connectivity index (χ0) is 9.84. The molecule has 1 unspecified atom stereocenters. The van der Waals surface area contributed by atoms with Crippen LogP contribution in [0.2, 0.25) is 0 Å². The van der Waals surface area contributed by atoms with E-state index in [1.165, 1.54) is 0 Å². The number of primary amides is 1. The maximum atomic E-state index is 10.7. The first-order valence-electron chi connectivity index (χ1n) is 4.25. The summed E-state index contributed by atoms with van der Waals surface area (Å²) in [6, 6.07) is 4.12. The lowest BCUT2D eigenvalue weighted by Crippen LogP contribution is -2.22. The van der Waals surface area contributed by atoms with E-state index < -0.39 is 0 Å². The minimum absolute atomic E-state index is 0.231. The van der Waals surface area contributed by atoms with Gasteiger partial charge in [-0.25, -0.2) is 0 Å². The topological polar surface area (TPSA) is 60.1 Å². The Morgan fingerprint density at radius 2 is 2.46 bits per heavy atom. The molecule has 1 aromatic heterocycles. The molecule has 0 radical (unpaired) electrons. The van der Waals surface area contributed by atoms with Gasteiger partial charge in [0.2, 0.25) is 5.91 Å². The van der Waals surface area contributed by atoms with Crippen LogP contribution in [0.1, 0.15) is 18.7 Å². The number of nitrogens with one attached hydrogen (secondary N) is 1. The smallest absolute Gasteiger partial charge is 0.237 e. The number of hydrogen-bond donors (Lipinski definition) is 2. The molecule has 0 saturated carbocycles. The highest BCUT2D eigenvalue weighted by Crippen LogP contribution is 2.12. The van der Waals surface area contributed by atoms with Gasteiger partial charge in [-0.1, -0.05) is 0 Å². The van der Waals surface area contributed by atoms with E-state index in [2.05, 4.69) is 5.32 Å². The molecule has 0 aliphatic heterocycles. The molecule has 1 heterocycles. The lowest BCUT2D eigenvalue weighted by atomic mass is 10.2. The highest BCUT2D eigenvalue weighted by molar-refractivity contribution is 5.73. The van der Waals surface area contributed by atoms with Crippen molar-refractivity contribution < 1.29 is 4.79 Å². The minimum atomic E-state index is -0.319. The number of hydrogen-bond acceptors (Lipinski definition) is 2. The van der Waals surface area contributed by atoms with Gasteiger partial charge < -0.3 is 15.6 Å². The van der Waals surface area contributed by atoms with Crippen LogP contribution < -0.4 is 11.1 Å². The summed E-state index contributed by atoms with van der Waals surface area (Å²) in [4.78, 5) is 10.7. The van der Waals surface area contributed by atoms with E-state index in [0.29, 0.717) is 0 Å². The highest BCUT2D eigenvalue weighted by atomic mass is 16.1. The molecule has 72 valence electrons. The second-order valence-electron chi connectivity index (χ2n) is 3.04. The van der Waals surface area contributed by atoms with Gasteiger partial charge in [-0.2, -0.15) is 0 Å². The fraction of sp³-hybridized carbons (Fsp3) is 0.444. The first-order chi connectivity index (χ1) is 6.15. The standard InChI is InChI=1S/C9H15N3O/c1-7(11-2)8-4-3-5-12(8)6-9(10)13/h3-5,7,11H,6H2,1-2H3,(H2,10,13). The van der Waals surface area contributed by atoms with Gasteiger partial charge in [0.05, 0.1) is 0 Å². The lowest BCUT2D eigenvalue weighted by molar-refractivity contribution is -0.118. The maximum Gasteiger partial charge on any atom is 0.237 e. The van der Waals surface area contributed by atoms with E-state index in [1.54, 1.807) is 0 Å². The van der Waals surface area contributed by atoms with Gasteiger partial charge >= 0.3 is 0 Å². The van der Waals surface area contributed by atoms with Crippen molar-refractivity contribution >= 4 is 5.91 Å². The Labute approximate surface area is 77.7 Å². The summed E-state index contributed by atoms with van der Waals surface area (Å²) in [6.45, 7) is 2.28. The number of nitrogens with two attached hydrogens (primary N) is 1. The fourth-order valence-corrected chi connectivity index (χ4v) is 1.28. The van der Waals surface area contributed by atoms with Gasteiger partial charge in [0.1, 0.15) is 6.54 Å². The fourth-order valence-electron chi connectivity index (χ4n) is 1.28. The highest BCUT2D eigenvalue weighted by Gasteiger charge is 2.08. The molecular weight excluding hydrogens is 166 g/mol. The summed E-state index contributed by atoms with van der Waals surface area (Å²) >= 11 is 0. The van der Waals surface area contributed by atoms with Gasteiger partial charge in [-0.3, -0.25) is 4.79 Å². The first kappa shape index (κ1) is 9.80. The molecule has 1 rings (SSSR count). The summed E-state index contributed by atoms with van der Waals surface area (Å²) in [6.07, 6.45) is 1.86. The van der Waals surface area contributed by atoms with E-state index in [1.807, 2.05) is 36.9 Å². The Bertz CT molecular complexity index is 293. The van der Waals surface area contributed by atoms with E-state index in [0.717, 1.165) is 5.69 Å². The molecule has 4 heteroatoms. The summed E-state index contributed by atoms with van der Waals surface area (Å²) in [7, 11) is 1.88.